The maximum Gasteiger partial charge on any atom is 0.509 e. The van der Waals surface area contributed by atoms with E-state index in [9.17, 15) is 19.5 Å². The number of Topliss-reactive ketones (excluding diaryl/α,β-unsaturated/α-hetero) is 1. The van der Waals surface area contributed by atoms with Crippen LogP contribution in [0.5, 0.6) is 0 Å². The van der Waals surface area contributed by atoms with Crippen molar-refractivity contribution in [1.29, 1.82) is 0 Å². The molecule has 0 radical (unpaired) electrons. The Bertz CT molecular complexity index is 834. The molecule has 0 saturated carbocycles. The molecule has 0 bridgehead atoms. The minimum absolute atomic E-state index is 0.0615. The fraction of sp³-hybridized carbons (Fsp3) is 0.800. The van der Waals surface area contributed by atoms with Gasteiger partial charge in [-0.2, -0.15) is 0 Å². The highest BCUT2D eigenvalue weighted by Crippen LogP contribution is 2.28. The molecule has 0 spiro atoms. The Hall–Kier alpha value is -2.43. The zero-order valence-corrected chi connectivity index (χ0v) is 28.2. The Morgan fingerprint density at radius 3 is 2.04 bits per heavy atom. The number of aliphatic hydroxyl groups excluding tert-OH is 1. The Morgan fingerprint density at radius 1 is 0.867 bits per heavy atom. The lowest BCUT2D eigenvalue weighted by molar-refractivity contribution is -0.265. The van der Waals surface area contributed by atoms with Crippen LogP contribution in [-0.4, -0.2) is 73.4 Å². The van der Waals surface area contributed by atoms with Crippen LogP contribution in [0.1, 0.15) is 130 Å². The summed E-state index contributed by atoms with van der Waals surface area (Å²) in [4.78, 5) is 38.2. The number of rotatable bonds is 27. The van der Waals surface area contributed by atoms with Gasteiger partial charge in [0.1, 0.15) is 30.6 Å². The van der Waals surface area contributed by atoms with Crippen LogP contribution in [0, 0.1) is 0 Å². The highest BCUT2D eigenvalue weighted by Gasteiger charge is 2.50. The van der Waals surface area contributed by atoms with Crippen LogP contribution in [0.2, 0.25) is 0 Å². The number of unbranched alkanes of at least 4 members (excludes halogenated alkanes) is 13. The lowest BCUT2D eigenvalue weighted by atomic mass is 9.95. The molecule has 0 aromatic carbocycles. The number of amides is 1. The molecule has 1 saturated heterocycles. The van der Waals surface area contributed by atoms with Crippen LogP contribution in [0.4, 0.5) is 4.79 Å². The first kappa shape index (κ1) is 40.6. The van der Waals surface area contributed by atoms with E-state index in [1.807, 2.05) is 0 Å². The molecule has 1 heterocycles. The van der Waals surface area contributed by atoms with Crippen molar-refractivity contribution < 1.29 is 43.2 Å². The van der Waals surface area contributed by atoms with Crippen LogP contribution >= 0.6 is 0 Å². The van der Waals surface area contributed by atoms with Crippen molar-refractivity contribution in [2.75, 3.05) is 19.8 Å². The highest BCUT2D eigenvalue weighted by molar-refractivity contribution is 5.98. The van der Waals surface area contributed by atoms with Gasteiger partial charge in [-0.05, 0) is 19.8 Å². The molecule has 1 aliphatic rings. The molecular weight excluding hydrogens is 578 g/mol. The van der Waals surface area contributed by atoms with Crippen LogP contribution in [-0.2, 0) is 33.3 Å². The van der Waals surface area contributed by atoms with Gasteiger partial charge in [-0.25, -0.2) is 4.79 Å². The first-order chi connectivity index (χ1) is 21.9. The van der Waals surface area contributed by atoms with Gasteiger partial charge in [-0.3, -0.25) is 9.59 Å². The summed E-state index contributed by atoms with van der Waals surface area (Å²) in [5.74, 6) is -0.643. The van der Waals surface area contributed by atoms with Crippen molar-refractivity contribution in [2.45, 2.75) is 161 Å². The van der Waals surface area contributed by atoms with Crippen molar-refractivity contribution in [1.82, 2.24) is 5.32 Å². The van der Waals surface area contributed by atoms with E-state index in [2.05, 4.69) is 25.7 Å². The second kappa shape index (κ2) is 26.8. The molecule has 1 rings (SSSR count). The Labute approximate surface area is 271 Å². The maximum atomic E-state index is 13.1. The minimum Gasteiger partial charge on any atom is -0.471 e. The highest BCUT2D eigenvalue weighted by atomic mass is 16.8. The molecule has 5 atom stereocenters. The van der Waals surface area contributed by atoms with Gasteiger partial charge in [-0.1, -0.05) is 116 Å². The van der Waals surface area contributed by atoms with Crippen molar-refractivity contribution >= 4 is 17.8 Å². The Morgan fingerprint density at radius 2 is 1.47 bits per heavy atom. The van der Waals surface area contributed by atoms with E-state index in [0.29, 0.717) is 13.0 Å². The Balaban J connectivity index is 2.95. The standard InChI is InChI=1S/C35H61NO9/c1-5-9-11-13-15-17-19-21-25-41-33-31(36-30(39)26-28(38)22-20-18-16-14-12-10-6-2)34(42-23-7-3)44-29(27-37)32(33)45-35(40)43-24-8-4/h7-8,23,29,31-34,37H,4-6,9-22,24-27H2,1-3H3,(H,36,39)/b23-7-/t29-,31-,32-,33-,34+/m1/s1. The molecule has 1 amide bonds. The molecule has 260 valence electrons. The number of hydrogen-bond donors (Lipinski definition) is 2. The molecule has 10 heteroatoms. The van der Waals surface area contributed by atoms with Crippen LogP contribution in [0.3, 0.4) is 0 Å². The van der Waals surface area contributed by atoms with Crippen molar-refractivity contribution in [3.63, 3.8) is 0 Å². The summed E-state index contributed by atoms with van der Waals surface area (Å²) in [5.41, 5.74) is 0. The summed E-state index contributed by atoms with van der Waals surface area (Å²) >= 11 is 0. The quantitative estimate of drug-likeness (QED) is 0.0319. The molecule has 1 aliphatic heterocycles. The second-order valence-electron chi connectivity index (χ2n) is 11.8. The first-order valence-electron chi connectivity index (χ1n) is 17.3. The van der Waals surface area contributed by atoms with Crippen LogP contribution in [0.25, 0.3) is 0 Å². The summed E-state index contributed by atoms with van der Waals surface area (Å²) < 4.78 is 28.6. The number of ether oxygens (including phenoxy) is 5. The summed E-state index contributed by atoms with van der Waals surface area (Å²) in [6.07, 6.45) is 15.9. The zero-order chi connectivity index (χ0) is 33.1. The molecule has 0 aromatic heterocycles. The van der Waals surface area contributed by atoms with E-state index in [0.717, 1.165) is 51.4 Å². The number of carbonyl (C=O) groups excluding carboxylic acids is 3. The van der Waals surface area contributed by atoms with Gasteiger partial charge in [0.2, 0.25) is 12.2 Å². The van der Waals surface area contributed by atoms with Crippen molar-refractivity contribution in [2.24, 2.45) is 0 Å². The third kappa shape index (κ3) is 18.3. The van der Waals surface area contributed by atoms with Crippen LogP contribution < -0.4 is 5.32 Å². The van der Waals surface area contributed by atoms with E-state index in [1.54, 1.807) is 13.0 Å². The molecule has 0 unspecified atom stereocenters. The zero-order valence-electron chi connectivity index (χ0n) is 28.2. The van der Waals surface area contributed by atoms with Gasteiger partial charge in [0.25, 0.3) is 0 Å². The minimum atomic E-state index is -1.11. The molecule has 1 fully saturated rings. The van der Waals surface area contributed by atoms with Gasteiger partial charge in [0, 0.05) is 13.0 Å². The third-order valence-electron chi connectivity index (χ3n) is 7.78. The average molecular weight is 640 g/mol. The van der Waals surface area contributed by atoms with Gasteiger partial charge in [-0.15, -0.1) is 0 Å². The fourth-order valence-electron chi connectivity index (χ4n) is 5.33. The molecule has 2 N–H and O–H groups in total. The largest absolute Gasteiger partial charge is 0.509 e. The average Bonchev–Trinajstić information content (AvgIpc) is 3.02. The lowest BCUT2D eigenvalue weighted by Crippen LogP contribution is -2.66. The molecular formula is C35H61NO9. The smallest absolute Gasteiger partial charge is 0.471 e. The van der Waals surface area contributed by atoms with Gasteiger partial charge < -0.3 is 34.1 Å². The maximum absolute atomic E-state index is 13.1. The number of allylic oxidation sites excluding steroid dienone is 1. The topological polar surface area (TPSA) is 130 Å². The van der Waals surface area contributed by atoms with Crippen LogP contribution in [0.15, 0.2) is 25.0 Å². The number of hydrogen-bond acceptors (Lipinski definition) is 9. The molecule has 0 aliphatic carbocycles. The third-order valence-corrected chi connectivity index (χ3v) is 7.78. The van der Waals surface area contributed by atoms with E-state index >= 15 is 0 Å². The number of nitrogens with one attached hydrogen (secondary N) is 1. The summed E-state index contributed by atoms with van der Waals surface area (Å²) in [6, 6.07) is -0.936. The van der Waals surface area contributed by atoms with E-state index in [-0.39, 0.29) is 18.8 Å². The second-order valence-corrected chi connectivity index (χ2v) is 11.8. The fourth-order valence-corrected chi connectivity index (χ4v) is 5.33. The first-order valence-corrected chi connectivity index (χ1v) is 17.3. The monoisotopic (exact) mass is 639 g/mol. The van der Waals surface area contributed by atoms with E-state index in [1.165, 1.54) is 57.3 Å². The Kier molecular flexibility index (Phi) is 24.1. The van der Waals surface area contributed by atoms with Gasteiger partial charge >= 0.3 is 6.16 Å². The lowest BCUT2D eigenvalue weighted by Gasteiger charge is -2.44. The predicted octanol–water partition coefficient (Wildman–Crippen LogP) is 7.07. The summed E-state index contributed by atoms with van der Waals surface area (Å²) in [6.45, 7) is 9.45. The SMILES string of the molecule is C=CCOC(=O)O[C@H]1[C@H](OCCCCCCCCCC)[C@@H](NC(=O)CC(=O)CCCCCCCCC)[C@@H](O/C=C\C)O[C@@H]1CO. The molecule has 10 nitrogen and oxygen atoms in total. The molecule has 0 aromatic rings. The number of ketones is 1. The van der Waals surface area contributed by atoms with Gasteiger partial charge in [0.15, 0.2) is 6.10 Å². The summed E-state index contributed by atoms with van der Waals surface area (Å²) in [5, 5.41) is 13.0. The normalized spacial score (nSPS) is 21.4. The number of carbonyl (C=O) groups is 3. The van der Waals surface area contributed by atoms with Crippen molar-refractivity contribution in [3.8, 4) is 0 Å². The van der Waals surface area contributed by atoms with Crippen molar-refractivity contribution in [3.05, 3.63) is 25.0 Å². The van der Waals surface area contributed by atoms with Gasteiger partial charge in [0.05, 0.1) is 19.3 Å². The summed E-state index contributed by atoms with van der Waals surface area (Å²) in [7, 11) is 0. The molecule has 45 heavy (non-hydrogen) atoms. The number of aliphatic hydroxyl groups is 1. The predicted molar refractivity (Wildman–Crippen MR) is 175 cm³/mol. The van der Waals surface area contributed by atoms with E-state index in [4.69, 9.17) is 23.7 Å². The van der Waals surface area contributed by atoms with E-state index < -0.39 is 49.3 Å².